The Labute approximate surface area is 129 Å². The summed E-state index contributed by atoms with van der Waals surface area (Å²) in [5.41, 5.74) is -0.554. The summed E-state index contributed by atoms with van der Waals surface area (Å²) in [6.07, 6.45) is 9.16. The fourth-order valence-corrected chi connectivity index (χ4v) is 3.94. The van der Waals surface area contributed by atoms with Crippen LogP contribution in [0.2, 0.25) is 0 Å². The van der Waals surface area contributed by atoms with Crippen molar-refractivity contribution in [1.29, 1.82) is 0 Å². The Morgan fingerprint density at radius 3 is 2.57 bits per heavy atom. The third kappa shape index (κ3) is 4.43. The van der Waals surface area contributed by atoms with Crippen LogP contribution in [-0.4, -0.2) is 37.4 Å². The van der Waals surface area contributed by atoms with Gasteiger partial charge in [0.2, 0.25) is 0 Å². The van der Waals surface area contributed by atoms with Gasteiger partial charge in [-0.1, -0.05) is 12.8 Å². The van der Waals surface area contributed by atoms with Crippen LogP contribution in [0, 0.1) is 5.92 Å². The molecule has 2 saturated carbocycles. The molecule has 4 nitrogen and oxygen atoms in total. The van der Waals surface area contributed by atoms with Crippen LogP contribution in [0.4, 0.5) is 0 Å². The van der Waals surface area contributed by atoms with Gasteiger partial charge in [0, 0.05) is 19.1 Å². The summed E-state index contributed by atoms with van der Waals surface area (Å²) in [7, 11) is 1.48. The zero-order chi connectivity index (χ0) is 15.3. The van der Waals surface area contributed by atoms with Crippen molar-refractivity contribution in [3.05, 3.63) is 0 Å². The molecule has 2 rings (SSSR count). The van der Waals surface area contributed by atoms with Crippen LogP contribution in [0.3, 0.4) is 0 Å². The molecule has 0 spiro atoms. The molecule has 2 aliphatic rings. The highest BCUT2D eigenvalue weighted by Gasteiger charge is 2.44. The number of hydrogen-bond donors (Lipinski definition) is 1. The highest BCUT2D eigenvalue weighted by Crippen LogP contribution is 2.33. The molecular formula is C17H31NO3. The first-order chi connectivity index (χ1) is 10.1. The Hall–Kier alpha value is -0.610. The summed E-state index contributed by atoms with van der Waals surface area (Å²) in [4.78, 5) is 12.3. The summed E-state index contributed by atoms with van der Waals surface area (Å²) >= 11 is 0. The number of rotatable bonds is 6. The molecule has 122 valence electrons. The molecule has 1 N–H and O–H groups in total. The number of hydrogen-bond acceptors (Lipinski definition) is 4. The molecule has 0 radical (unpaired) electrons. The first-order valence-electron chi connectivity index (χ1n) is 8.53. The van der Waals surface area contributed by atoms with Crippen LogP contribution in [0.5, 0.6) is 0 Å². The minimum Gasteiger partial charge on any atom is -0.468 e. The van der Waals surface area contributed by atoms with Crippen LogP contribution in [0.25, 0.3) is 0 Å². The second kappa shape index (κ2) is 7.59. The summed E-state index contributed by atoms with van der Waals surface area (Å²) in [5, 5.41) is 3.45. The molecule has 2 aliphatic carbocycles. The predicted octanol–water partition coefficient (Wildman–Crippen LogP) is 3.05. The van der Waals surface area contributed by atoms with Gasteiger partial charge in [-0.25, -0.2) is 0 Å². The number of ether oxygens (including phenoxy) is 2. The molecule has 4 heteroatoms. The maximum absolute atomic E-state index is 12.3. The number of nitrogens with one attached hydrogen (secondary N) is 1. The molecule has 0 aromatic rings. The molecule has 2 unspecified atom stereocenters. The Morgan fingerprint density at radius 2 is 1.95 bits per heavy atom. The van der Waals surface area contributed by atoms with Crippen molar-refractivity contribution in [1.82, 2.24) is 5.32 Å². The van der Waals surface area contributed by atoms with Crippen molar-refractivity contribution < 1.29 is 14.3 Å². The normalized spacial score (nSPS) is 30.8. The monoisotopic (exact) mass is 297 g/mol. The van der Waals surface area contributed by atoms with Crippen molar-refractivity contribution in [2.45, 2.75) is 82.9 Å². The average Bonchev–Trinajstić information content (AvgIpc) is 2.97. The Morgan fingerprint density at radius 1 is 1.24 bits per heavy atom. The van der Waals surface area contributed by atoms with Crippen molar-refractivity contribution >= 4 is 5.97 Å². The van der Waals surface area contributed by atoms with Crippen LogP contribution in [0.1, 0.15) is 65.2 Å². The molecule has 0 aliphatic heterocycles. The van der Waals surface area contributed by atoms with E-state index in [1.165, 1.54) is 32.8 Å². The molecule has 21 heavy (non-hydrogen) atoms. The van der Waals surface area contributed by atoms with Gasteiger partial charge in [0.25, 0.3) is 0 Å². The third-order valence-electron chi connectivity index (χ3n) is 4.89. The van der Waals surface area contributed by atoms with E-state index in [9.17, 15) is 4.79 Å². The maximum atomic E-state index is 12.3. The van der Waals surface area contributed by atoms with Gasteiger partial charge in [-0.15, -0.1) is 0 Å². The molecule has 2 atom stereocenters. The average molecular weight is 297 g/mol. The van der Waals surface area contributed by atoms with Crippen molar-refractivity contribution in [3.8, 4) is 0 Å². The van der Waals surface area contributed by atoms with Gasteiger partial charge < -0.3 is 9.47 Å². The minimum absolute atomic E-state index is 0.134. The zero-order valence-electron chi connectivity index (χ0n) is 13.8. The van der Waals surface area contributed by atoms with Crippen molar-refractivity contribution in [2.24, 2.45) is 5.92 Å². The Balaban J connectivity index is 1.93. The van der Waals surface area contributed by atoms with E-state index in [1.807, 2.05) is 0 Å². The first-order valence-corrected chi connectivity index (χ1v) is 8.53. The lowest BCUT2D eigenvalue weighted by Gasteiger charge is -2.40. The second-order valence-electron chi connectivity index (χ2n) is 7.07. The second-order valence-corrected chi connectivity index (χ2v) is 7.07. The van der Waals surface area contributed by atoms with Gasteiger partial charge in [-0.3, -0.25) is 10.1 Å². The number of methoxy groups -OCH3 is 1. The van der Waals surface area contributed by atoms with Gasteiger partial charge in [-0.05, 0) is 51.9 Å². The third-order valence-corrected chi connectivity index (χ3v) is 4.89. The topological polar surface area (TPSA) is 47.6 Å². The number of carbonyl (C=O) groups excluding carboxylic acids is 1. The SMILES string of the molecule is COC(=O)C1(NC(C)C)CCCC(OCC2CCCC2)C1. The van der Waals surface area contributed by atoms with Gasteiger partial charge in [0.15, 0.2) is 0 Å². The van der Waals surface area contributed by atoms with E-state index in [2.05, 4.69) is 19.2 Å². The number of carbonyl (C=O) groups is 1. The van der Waals surface area contributed by atoms with Crippen LogP contribution in [0.15, 0.2) is 0 Å². The smallest absolute Gasteiger partial charge is 0.326 e. The number of esters is 1. The van der Waals surface area contributed by atoms with Crippen LogP contribution >= 0.6 is 0 Å². The molecule has 0 aromatic carbocycles. The molecule has 0 heterocycles. The van der Waals surface area contributed by atoms with Gasteiger partial charge in [0.05, 0.1) is 13.2 Å². The van der Waals surface area contributed by atoms with Crippen molar-refractivity contribution in [3.63, 3.8) is 0 Å². The van der Waals surface area contributed by atoms with Gasteiger partial charge in [0.1, 0.15) is 5.54 Å². The molecule has 0 bridgehead atoms. The van der Waals surface area contributed by atoms with Crippen LogP contribution < -0.4 is 5.32 Å². The van der Waals surface area contributed by atoms with E-state index < -0.39 is 5.54 Å². The molecule has 2 fully saturated rings. The van der Waals surface area contributed by atoms with Gasteiger partial charge >= 0.3 is 5.97 Å². The first kappa shape index (κ1) is 16.8. The summed E-state index contributed by atoms with van der Waals surface area (Å²) in [6.45, 7) is 5.02. The molecule has 0 amide bonds. The zero-order valence-corrected chi connectivity index (χ0v) is 13.8. The quantitative estimate of drug-likeness (QED) is 0.766. The standard InChI is InChI=1S/C17H31NO3/c1-13(2)18-17(16(19)20-3)10-6-9-15(11-17)21-12-14-7-4-5-8-14/h13-15,18H,4-12H2,1-3H3. The van der Waals surface area contributed by atoms with Gasteiger partial charge in [-0.2, -0.15) is 0 Å². The fourth-order valence-electron chi connectivity index (χ4n) is 3.94. The lowest BCUT2D eigenvalue weighted by molar-refractivity contribution is -0.153. The maximum Gasteiger partial charge on any atom is 0.326 e. The minimum atomic E-state index is -0.554. The van der Waals surface area contributed by atoms with E-state index in [4.69, 9.17) is 9.47 Å². The summed E-state index contributed by atoms with van der Waals surface area (Å²) in [6, 6.07) is 0.262. The van der Waals surface area contributed by atoms with E-state index in [0.717, 1.165) is 38.2 Å². The fraction of sp³-hybridized carbons (Fsp3) is 0.941. The largest absolute Gasteiger partial charge is 0.468 e. The Kier molecular flexibility index (Phi) is 6.06. The molecule has 0 saturated heterocycles. The van der Waals surface area contributed by atoms with Crippen LogP contribution in [-0.2, 0) is 14.3 Å². The summed E-state index contributed by atoms with van der Waals surface area (Å²) in [5.74, 6) is 0.600. The molecule has 0 aromatic heterocycles. The lowest BCUT2D eigenvalue weighted by atomic mass is 9.79. The predicted molar refractivity (Wildman–Crippen MR) is 83.2 cm³/mol. The van der Waals surface area contributed by atoms with E-state index >= 15 is 0 Å². The van der Waals surface area contributed by atoms with Crippen molar-refractivity contribution in [2.75, 3.05) is 13.7 Å². The van der Waals surface area contributed by atoms with E-state index in [-0.39, 0.29) is 18.1 Å². The highest BCUT2D eigenvalue weighted by atomic mass is 16.5. The van der Waals surface area contributed by atoms with E-state index in [0.29, 0.717) is 0 Å². The summed E-state index contributed by atoms with van der Waals surface area (Å²) < 4.78 is 11.2. The molecular weight excluding hydrogens is 266 g/mol. The highest BCUT2D eigenvalue weighted by molar-refractivity contribution is 5.81. The lowest BCUT2D eigenvalue weighted by Crippen LogP contribution is -2.58. The van der Waals surface area contributed by atoms with E-state index in [1.54, 1.807) is 0 Å². The Bertz CT molecular complexity index is 339.